The fraction of sp³-hybridized carbons (Fsp3) is 0.381. The van der Waals surface area contributed by atoms with Crippen LogP contribution in [-0.4, -0.2) is 44.7 Å². The molecule has 2 aromatic carbocycles. The lowest BCUT2D eigenvalue weighted by Crippen LogP contribution is -2.50. The first-order chi connectivity index (χ1) is 15.0. The molecule has 11 heteroatoms. The molecular formula is C21H26ClN3O6S. The molecule has 0 aliphatic rings. The number of hydrogen-bond donors (Lipinski definition) is 1. The van der Waals surface area contributed by atoms with Crippen molar-refractivity contribution in [3.63, 3.8) is 0 Å². The minimum absolute atomic E-state index is 0.0919. The summed E-state index contributed by atoms with van der Waals surface area (Å²) in [6, 6.07) is 8.06. The van der Waals surface area contributed by atoms with Gasteiger partial charge in [0, 0.05) is 17.2 Å². The number of halogens is 1. The molecule has 0 saturated carbocycles. The molecular weight excluding hydrogens is 458 g/mol. The van der Waals surface area contributed by atoms with Crippen molar-refractivity contribution >= 4 is 38.9 Å². The second-order valence-electron chi connectivity index (χ2n) is 7.26. The largest absolute Gasteiger partial charge is 0.492 e. The Morgan fingerprint density at radius 2 is 1.88 bits per heavy atom. The second-order valence-corrected chi connectivity index (χ2v) is 9.53. The molecule has 0 bridgehead atoms. The summed E-state index contributed by atoms with van der Waals surface area (Å²) in [7, 11) is -3.92. The molecule has 0 aliphatic heterocycles. The zero-order chi connectivity index (χ0) is 24.1. The average Bonchev–Trinajstić information content (AvgIpc) is 2.71. The van der Waals surface area contributed by atoms with Crippen molar-refractivity contribution in [1.82, 2.24) is 5.32 Å². The summed E-state index contributed by atoms with van der Waals surface area (Å²) < 4.78 is 31.7. The van der Waals surface area contributed by atoms with Crippen LogP contribution in [0.4, 0.5) is 11.4 Å². The molecule has 1 amide bonds. The minimum Gasteiger partial charge on any atom is -0.492 e. The van der Waals surface area contributed by atoms with Crippen LogP contribution < -0.4 is 14.4 Å². The smallest absolute Gasteiger partial charge is 0.271 e. The van der Waals surface area contributed by atoms with Crippen LogP contribution in [-0.2, 0) is 14.8 Å². The van der Waals surface area contributed by atoms with Gasteiger partial charge in [0.15, 0.2) is 0 Å². The molecule has 0 aliphatic carbocycles. The third-order valence-corrected chi connectivity index (χ3v) is 6.36. The highest BCUT2D eigenvalue weighted by molar-refractivity contribution is 7.92. The van der Waals surface area contributed by atoms with Crippen LogP contribution in [0.15, 0.2) is 36.4 Å². The predicted octanol–water partition coefficient (Wildman–Crippen LogP) is 3.60. The number of hydrogen-bond acceptors (Lipinski definition) is 6. The first-order valence-electron chi connectivity index (χ1n) is 9.86. The molecule has 1 atom stereocenters. The monoisotopic (exact) mass is 483 g/mol. The highest BCUT2D eigenvalue weighted by atomic mass is 35.5. The molecule has 0 unspecified atom stereocenters. The fourth-order valence-electron chi connectivity index (χ4n) is 3.11. The van der Waals surface area contributed by atoms with E-state index in [1.54, 1.807) is 26.0 Å². The van der Waals surface area contributed by atoms with Crippen molar-refractivity contribution in [2.24, 2.45) is 0 Å². The van der Waals surface area contributed by atoms with E-state index in [4.69, 9.17) is 16.3 Å². The number of amides is 1. The normalized spacial score (nSPS) is 12.2. The SMILES string of the molecule is CC[C@H](C(=O)NCCOc1ccc(C)c(Cl)c1)N(c1cc([N+](=O)[O-])ccc1C)S(C)(=O)=O. The lowest BCUT2D eigenvalue weighted by molar-refractivity contribution is -0.384. The topological polar surface area (TPSA) is 119 Å². The van der Waals surface area contributed by atoms with E-state index in [1.165, 1.54) is 12.1 Å². The van der Waals surface area contributed by atoms with Crippen molar-refractivity contribution in [2.75, 3.05) is 23.7 Å². The number of nitro groups is 1. The maximum absolute atomic E-state index is 12.8. The van der Waals surface area contributed by atoms with Crippen molar-refractivity contribution in [1.29, 1.82) is 0 Å². The highest BCUT2D eigenvalue weighted by Gasteiger charge is 2.33. The van der Waals surface area contributed by atoms with E-state index in [1.807, 2.05) is 13.0 Å². The summed E-state index contributed by atoms with van der Waals surface area (Å²) >= 11 is 6.06. The van der Waals surface area contributed by atoms with Gasteiger partial charge in [-0.15, -0.1) is 0 Å². The third kappa shape index (κ3) is 6.33. The molecule has 2 rings (SSSR count). The Bertz CT molecular complexity index is 1110. The summed E-state index contributed by atoms with van der Waals surface area (Å²) in [4.78, 5) is 23.4. The maximum Gasteiger partial charge on any atom is 0.271 e. The molecule has 0 radical (unpaired) electrons. The van der Waals surface area contributed by atoms with Gasteiger partial charge in [0.2, 0.25) is 15.9 Å². The number of benzene rings is 2. The molecule has 32 heavy (non-hydrogen) atoms. The van der Waals surface area contributed by atoms with Gasteiger partial charge >= 0.3 is 0 Å². The first kappa shape index (κ1) is 25.4. The summed E-state index contributed by atoms with van der Waals surface area (Å²) in [6.45, 7) is 5.44. The van der Waals surface area contributed by atoms with Gasteiger partial charge in [-0.25, -0.2) is 8.42 Å². The van der Waals surface area contributed by atoms with Crippen LogP contribution in [0.5, 0.6) is 5.75 Å². The Hall–Kier alpha value is -2.85. The number of carbonyl (C=O) groups excluding carboxylic acids is 1. The van der Waals surface area contributed by atoms with Gasteiger partial charge in [0.25, 0.3) is 5.69 Å². The van der Waals surface area contributed by atoms with E-state index in [9.17, 15) is 23.3 Å². The van der Waals surface area contributed by atoms with Crippen LogP contribution in [0.1, 0.15) is 24.5 Å². The Balaban J connectivity index is 2.17. The third-order valence-electron chi connectivity index (χ3n) is 4.78. The standard InChI is InChI=1S/C21H26ClN3O6S/c1-5-19(21(26)23-10-11-31-17-9-7-14(2)18(22)13-17)24(32(4,29)30)20-12-16(25(27)28)8-6-15(20)3/h6-9,12-13,19H,5,10-11H2,1-4H3,(H,23,26)/t19-/m1/s1. The van der Waals surface area contributed by atoms with E-state index in [-0.39, 0.29) is 30.9 Å². The predicted molar refractivity (Wildman–Crippen MR) is 124 cm³/mol. The number of aryl methyl sites for hydroxylation is 2. The molecule has 9 nitrogen and oxygen atoms in total. The summed E-state index contributed by atoms with van der Waals surface area (Å²) in [5, 5.41) is 14.4. The number of anilines is 1. The van der Waals surface area contributed by atoms with Crippen molar-refractivity contribution in [2.45, 2.75) is 33.2 Å². The summed E-state index contributed by atoms with van der Waals surface area (Å²) in [5.74, 6) is 0.0150. The van der Waals surface area contributed by atoms with E-state index >= 15 is 0 Å². The molecule has 2 aromatic rings. The number of nitrogens with zero attached hydrogens (tertiary/aromatic N) is 2. The van der Waals surface area contributed by atoms with Crippen LogP contribution in [0.2, 0.25) is 5.02 Å². The van der Waals surface area contributed by atoms with E-state index < -0.39 is 26.9 Å². The minimum atomic E-state index is -3.92. The van der Waals surface area contributed by atoms with Crippen LogP contribution in [0.25, 0.3) is 0 Å². The van der Waals surface area contributed by atoms with Crippen LogP contribution in [0.3, 0.4) is 0 Å². The Morgan fingerprint density at radius 3 is 2.44 bits per heavy atom. The van der Waals surface area contributed by atoms with E-state index in [2.05, 4.69) is 5.32 Å². The van der Waals surface area contributed by atoms with Gasteiger partial charge in [-0.3, -0.25) is 19.2 Å². The van der Waals surface area contributed by atoms with Gasteiger partial charge in [0.1, 0.15) is 18.4 Å². The molecule has 0 spiro atoms. The number of carbonyl (C=O) groups is 1. The first-order valence-corrected chi connectivity index (χ1v) is 12.1. The van der Waals surface area contributed by atoms with Crippen LogP contribution >= 0.6 is 11.6 Å². The summed E-state index contributed by atoms with van der Waals surface area (Å²) in [5.41, 5.74) is 1.23. The average molecular weight is 484 g/mol. The Kier molecular flexibility index (Phi) is 8.45. The molecule has 174 valence electrons. The van der Waals surface area contributed by atoms with Gasteiger partial charge in [-0.2, -0.15) is 0 Å². The quantitative estimate of drug-likeness (QED) is 0.313. The molecule has 0 aromatic heterocycles. The van der Waals surface area contributed by atoms with Crippen molar-refractivity contribution in [3.8, 4) is 5.75 Å². The van der Waals surface area contributed by atoms with Gasteiger partial charge < -0.3 is 10.1 Å². The Labute approximate surface area is 192 Å². The molecule has 0 saturated heterocycles. The highest BCUT2D eigenvalue weighted by Crippen LogP contribution is 2.30. The number of rotatable bonds is 10. The van der Waals surface area contributed by atoms with Gasteiger partial charge in [-0.05, 0) is 43.5 Å². The molecule has 0 fully saturated rings. The lowest BCUT2D eigenvalue weighted by Gasteiger charge is -2.31. The number of nitro benzene ring substituents is 1. The Morgan fingerprint density at radius 1 is 1.22 bits per heavy atom. The second kappa shape index (κ2) is 10.6. The van der Waals surface area contributed by atoms with E-state index in [0.717, 1.165) is 22.2 Å². The molecule has 1 N–H and O–H groups in total. The number of ether oxygens (including phenoxy) is 1. The van der Waals surface area contributed by atoms with E-state index in [0.29, 0.717) is 16.3 Å². The van der Waals surface area contributed by atoms with Crippen molar-refractivity contribution < 1.29 is 22.9 Å². The van der Waals surface area contributed by atoms with Gasteiger partial charge in [-0.1, -0.05) is 30.7 Å². The molecule has 0 heterocycles. The van der Waals surface area contributed by atoms with Crippen molar-refractivity contribution in [3.05, 3.63) is 62.7 Å². The zero-order valence-corrected chi connectivity index (χ0v) is 19.9. The maximum atomic E-state index is 12.8. The van der Waals surface area contributed by atoms with Gasteiger partial charge in [0.05, 0.1) is 23.4 Å². The summed E-state index contributed by atoms with van der Waals surface area (Å²) in [6.07, 6.45) is 1.13. The number of nitrogens with one attached hydrogen (secondary N) is 1. The number of non-ortho nitro benzene ring substituents is 1. The number of sulfonamides is 1. The zero-order valence-electron chi connectivity index (χ0n) is 18.3. The van der Waals surface area contributed by atoms with Crippen LogP contribution in [0, 0.1) is 24.0 Å². The fourth-order valence-corrected chi connectivity index (χ4v) is 4.54. The lowest BCUT2D eigenvalue weighted by atomic mass is 10.1.